The maximum Gasteiger partial charge on any atom is 0.182 e. The van der Waals surface area contributed by atoms with Gasteiger partial charge in [-0.3, -0.25) is 4.79 Å². The highest BCUT2D eigenvalue weighted by atomic mass is 16.5. The smallest absolute Gasteiger partial charge is 0.182 e. The fraction of sp³-hybridized carbons (Fsp3) is 0.136. The molecule has 0 aliphatic heterocycles. The van der Waals surface area contributed by atoms with Crippen LogP contribution >= 0.6 is 0 Å². The quantitative estimate of drug-likeness (QED) is 0.399. The van der Waals surface area contributed by atoms with Crippen LogP contribution in [0, 0.1) is 0 Å². The molecule has 0 atom stereocenters. The van der Waals surface area contributed by atoms with Crippen LogP contribution < -0.4 is 14.2 Å². The summed E-state index contributed by atoms with van der Waals surface area (Å²) < 4.78 is 78.8. The first kappa shape index (κ1) is 11.2. The molecule has 6 heteroatoms. The van der Waals surface area contributed by atoms with Crippen molar-refractivity contribution in [3.05, 3.63) is 71.5 Å². The van der Waals surface area contributed by atoms with Crippen molar-refractivity contribution in [3.8, 4) is 23.0 Å². The average molecular weight is 391 g/mol. The molecule has 2 aromatic rings. The van der Waals surface area contributed by atoms with Crippen molar-refractivity contribution in [1.29, 1.82) is 0 Å². The summed E-state index contributed by atoms with van der Waals surface area (Å²) in [6.45, 7) is 0. The number of rotatable bonds is 8. The Kier molecular flexibility index (Phi) is 3.96. The van der Waals surface area contributed by atoms with Gasteiger partial charge in [-0.15, -0.1) is 0 Å². The van der Waals surface area contributed by atoms with E-state index in [4.69, 9.17) is 21.8 Å². The lowest BCUT2D eigenvalue weighted by molar-refractivity contribution is -0.110. The van der Waals surface area contributed by atoms with Gasteiger partial charge in [-0.2, -0.15) is 0 Å². The Morgan fingerprint density at radius 3 is 2.25 bits per heavy atom. The minimum atomic E-state index is -2.89. The molecular formula is C22H22O6. The summed E-state index contributed by atoms with van der Waals surface area (Å²) in [5.41, 5.74) is 0.640. The van der Waals surface area contributed by atoms with E-state index in [9.17, 15) is 15.0 Å². The summed E-state index contributed by atoms with van der Waals surface area (Å²) in [7, 11) is -8.51. The van der Waals surface area contributed by atoms with Crippen LogP contribution in [0.3, 0.4) is 0 Å². The second-order valence-electron chi connectivity index (χ2n) is 5.38. The van der Waals surface area contributed by atoms with Gasteiger partial charge in [-0.1, -0.05) is 24.3 Å². The zero-order valence-electron chi connectivity index (χ0n) is 23.4. The van der Waals surface area contributed by atoms with E-state index in [0.29, 0.717) is 5.56 Å². The van der Waals surface area contributed by atoms with Crippen molar-refractivity contribution < 1.29 is 41.6 Å². The Morgan fingerprint density at radius 1 is 0.893 bits per heavy atom. The van der Waals surface area contributed by atoms with Crippen molar-refractivity contribution in [2.75, 3.05) is 21.1 Å². The standard InChI is InChI=1S/C22H22O6/c1-26-20-11-7-16(13-22(20)28-3)5-9-18(24)14-17(23)8-4-15-6-10-19(25)21(12-15)27-2/h4-14,23,25H,1-3H3/b8-4+,9-5+,17-14-/i1D3,2D3,3D3. The molecule has 28 heavy (non-hydrogen) atoms. The number of phenolic OH excluding ortho intramolecular Hbond substituents is 1. The van der Waals surface area contributed by atoms with Crippen LogP contribution in [-0.4, -0.2) is 37.1 Å². The van der Waals surface area contributed by atoms with Gasteiger partial charge in [0.1, 0.15) is 5.76 Å². The van der Waals surface area contributed by atoms with Gasteiger partial charge in [0.2, 0.25) is 0 Å². The number of benzene rings is 2. The van der Waals surface area contributed by atoms with Crippen LogP contribution in [0.4, 0.5) is 0 Å². The summed E-state index contributed by atoms with van der Waals surface area (Å²) in [6.07, 6.45) is 5.71. The predicted molar refractivity (Wildman–Crippen MR) is 108 cm³/mol. The molecule has 0 aliphatic rings. The third kappa shape index (κ3) is 5.67. The lowest BCUT2D eigenvalue weighted by atomic mass is 10.1. The van der Waals surface area contributed by atoms with Crippen molar-refractivity contribution >= 4 is 17.9 Å². The molecule has 0 bridgehead atoms. The van der Waals surface area contributed by atoms with Crippen LogP contribution in [0.25, 0.3) is 12.2 Å². The third-order valence-electron chi connectivity index (χ3n) is 3.46. The number of methoxy groups -OCH3 is 3. The lowest BCUT2D eigenvalue weighted by Crippen LogP contribution is -1.91. The van der Waals surface area contributed by atoms with E-state index in [0.717, 1.165) is 18.2 Å². The number of aliphatic hydroxyl groups excluding tert-OH is 1. The summed E-state index contributed by atoms with van der Waals surface area (Å²) in [4.78, 5) is 12.2. The van der Waals surface area contributed by atoms with Crippen LogP contribution in [0.5, 0.6) is 23.0 Å². The lowest BCUT2D eigenvalue weighted by Gasteiger charge is -2.07. The SMILES string of the molecule is [2H]C([2H])([2H])Oc1cc(/C=C/C(O)=C/C(=O)/C=C/c2ccc(OC([2H])([2H])[2H])c(OC([2H])([2H])[2H])c2)ccc1O. The third-order valence-corrected chi connectivity index (χ3v) is 3.46. The number of aromatic hydroxyl groups is 1. The molecule has 0 radical (unpaired) electrons. The minimum absolute atomic E-state index is 0.278. The van der Waals surface area contributed by atoms with E-state index in [-0.39, 0.29) is 22.8 Å². The van der Waals surface area contributed by atoms with E-state index in [1.165, 1.54) is 48.6 Å². The largest absolute Gasteiger partial charge is 0.508 e. The monoisotopic (exact) mass is 391 g/mol. The summed E-state index contributed by atoms with van der Waals surface area (Å²) in [5, 5.41) is 19.7. The number of phenols is 1. The highest BCUT2D eigenvalue weighted by Crippen LogP contribution is 2.28. The van der Waals surface area contributed by atoms with E-state index >= 15 is 0 Å². The van der Waals surface area contributed by atoms with Gasteiger partial charge in [0.25, 0.3) is 0 Å². The van der Waals surface area contributed by atoms with E-state index < -0.39 is 38.4 Å². The van der Waals surface area contributed by atoms with Crippen molar-refractivity contribution in [3.63, 3.8) is 0 Å². The normalized spacial score (nSPS) is 17.9. The number of ether oxygens (including phenoxy) is 3. The van der Waals surface area contributed by atoms with Crippen molar-refractivity contribution in [2.24, 2.45) is 0 Å². The highest BCUT2D eigenvalue weighted by Gasteiger charge is 2.03. The Hall–Kier alpha value is -3.67. The first-order valence-electron chi connectivity index (χ1n) is 12.3. The second-order valence-corrected chi connectivity index (χ2v) is 5.38. The van der Waals surface area contributed by atoms with Gasteiger partial charge >= 0.3 is 0 Å². The Morgan fingerprint density at radius 2 is 1.50 bits per heavy atom. The highest BCUT2D eigenvalue weighted by molar-refractivity contribution is 6.02. The first-order valence-corrected chi connectivity index (χ1v) is 7.75. The number of ketones is 1. The second kappa shape index (κ2) is 9.87. The van der Waals surface area contributed by atoms with Crippen molar-refractivity contribution in [2.45, 2.75) is 0 Å². The maximum atomic E-state index is 12.2. The van der Waals surface area contributed by atoms with Gasteiger partial charge < -0.3 is 24.4 Å². The van der Waals surface area contributed by atoms with Crippen LogP contribution in [0.15, 0.2) is 60.4 Å². The van der Waals surface area contributed by atoms with Gasteiger partial charge in [0.05, 0.1) is 33.5 Å². The van der Waals surface area contributed by atoms with Crippen LogP contribution in [-0.2, 0) is 4.79 Å². The molecule has 0 aliphatic carbocycles. The molecule has 0 heterocycles. The van der Waals surface area contributed by atoms with E-state index in [2.05, 4.69) is 4.74 Å². The van der Waals surface area contributed by atoms with E-state index in [1.54, 1.807) is 0 Å². The Balaban J connectivity index is 2.16. The molecule has 6 nitrogen and oxygen atoms in total. The van der Waals surface area contributed by atoms with Gasteiger partial charge in [0.15, 0.2) is 28.8 Å². The zero-order valence-corrected chi connectivity index (χ0v) is 14.4. The van der Waals surface area contributed by atoms with E-state index in [1.807, 2.05) is 0 Å². The predicted octanol–water partition coefficient (Wildman–Crippen LogP) is 4.16. The molecule has 2 N–H and O–H groups in total. The number of hydrogen-bond acceptors (Lipinski definition) is 6. The fourth-order valence-corrected chi connectivity index (χ4v) is 2.11. The first-order chi connectivity index (χ1) is 16.9. The summed E-state index contributed by atoms with van der Waals surface area (Å²) in [5.74, 6) is -2.48. The number of carbonyl (C=O) groups excluding carboxylic acids is 1. The Bertz CT molecular complexity index is 1210. The van der Waals surface area contributed by atoms with Crippen molar-refractivity contribution in [1.82, 2.24) is 0 Å². The molecule has 146 valence electrons. The topological polar surface area (TPSA) is 85.2 Å². The molecule has 0 amide bonds. The molecule has 0 fully saturated rings. The maximum absolute atomic E-state index is 12.2. The van der Waals surface area contributed by atoms with Gasteiger partial charge in [0, 0.05) is 6.08 Å². The molecule has 2 rings (SSSR count). The van der Waals surface area contributed by atoms with Gasteiger partial charge in [-0.25, -0.2) is 0 Å². The summed E-state index contributed by atoms with van der Waals surface area (Å²) >= 11 is 0. The molecule has 2 aromatic carbocycles. The Labute approximate surface area is 176 Å². The van der Waals surface area contributed by atoms with Crippen LogP contribution in [0.2, 0.25) is 0 Å². The average Bonchev–Trinajstić information content (AvgIpc) is 2.71. The number of carbonyl (C=O) groups is 1. The molecule has 0 saturated heterocycles. The number of aliphatic hydroxyl groups is 1. The number of hydrogen-bond donors (Lipinski definition) is 2. The molecule has 0 spiro atoms. The molecule has 0 aromatic heterocycles. The van der Waals surface area contributed by atoms with Gasteiger partial charge in [-0.05, 0) is 47.5 Å². The zero-order chi connectivity index (χ0) is 28.0. The molecule has 0 unspecified atom stereocenters. The fourth-order valence-electron chi connectivity index (χ4n) is 2.11. The summed E-state index contributed by atoms with van der Waals surface area (Å²) in [6, 6.07) is 7.57. The minimum Gasteiger partial charge on any atom is -0.508 e. The molecule has 0 saturated carbocycles. The molecular weight excluding hydrogens is 360 g/mol. The number of allylic oxidation sites excluding steroid dienone is 3. The van der Waals surface area contributed by atoms with Crippen LogP contribution in [0.1, 0.15) is 23.5 Å².